The molecule has 1 aromatic rings. The number of likely N-dealkylation sites (tertiary alicyclic amines) is 1. The summed E-state index contributed by atoms with van der Waals surface area (Å²) >= 11 is 0. The third kappa shape index (κ3) is 2.46. The highest BCUT2D eigenvalue weighted by molar-refractivity contribution is 5.77. The number of rotatable bonds is 2. The van der Waals surface area contributed by atoms with Crippen LogP contribution in [0.3, 0.4) is 0 Å². The van der Waals surface area contributed by atoms with Crippen molar-refractivity contribution in [2.24, 2.45) is 0 Å². The normalized spacial score (nSPS) is 20.0. The molecule has 0 aromatic heterocycles. The van der Waals surface area contributed by atoms with Crippen LogP contribution in [0.5, 0.6) is 0 Å². The molecule has 1 N–H and O–H groups in total. The smallest absolute Gasteiger partial charge is 0.407 e. The zero-order valence-corrected chi connectivity index (χ0v) is 9.50. The lowest BCUT2D eigenvalue weighted by atomic mass is 9.88. The Morgan fingerprint density at radius 1 is 1.41 bits per heavy atom. The third-order valence-electron chi connectivity index (χ3n) is 3.25. The fourth-order valence-electron chi connectivity index (χ4n) is 2.39. The van der Waals surface area contributed by atoms with Crippen LogP contribution in [0.4, 0.5) is 4.79 Å². The van der Waals surface area contributed by atoms with E-state index < -0.39 is 6.09 Å². The highest BCUT2D eigenvalue weighted by Gasteiger charge is 2.25. The first-order valence-corrected chi connectivity index (χ1v) is 5.74. The Morgan fingerprint density at radius 2 is 2.18 bits per heavy atom. The van der Waals surface area contributed by atoms with Crippen molar-refractivity contribution in [3.05, 3.63) is 35.4 Å². The van der Waals surface area contributed by atoms with Crippen LogP contribution in [-0.2, 0) is 0 Å². The minimum atomic E-state index is -0.877. The lowest BCUT2D eigenvalue weighted by Gasteiger charge is -2.31. The fourth-order valence-corrected chi connectivity index (χ4v) is 2.39. The fraction of sp³-hybridized carbons (Fsp3) is 0.385. The average Bonchev–Trinajstić information content (AvgIpc) is 2.39. The van der Waals surface area contributed by atoms with Crippen molar-refractivity contribution in [1.82, 2.24) is 4.90 Å². The van der Waals surface area contributed by atoms with Gasteiger partial charge >= 0.3 is 6.09 Å². The highest BCUT2D eigenvalue weighted by atomic mass is 16.4. The maximum atomic E-state index is 11.0. The highest BCUT2D eigenvalue weighted by Crippen LogP contribution is 2.28. The maximum Gasteiger partial charge on any atom is 0.407 e. The lowest BCUT2D eigenvalue weighted by molar-refractivity contribution is 0.112. The molecule has 90 valence electrons. The largest absolute Gasteiger partial charge is 0.465 e. The predicted octanol–water partition coefficient (Wildman–Crippen LogP) is 2.36. The van der Waals surface area contributed by atoms with Crippen molar-refractivity contribution in [3.63, 3.8) is 0 Å². The molecule has 1 saturated heterocycles. The third-order valence-corrected chi connectivity index (χ3v) is 3.25. The van der Waals surface area contributed by atoms with Gasteiger partial charge in [0.05, 0.1) is 0 Å². The van der Waals surface area contributed by atoms with E-state index in [9.17, 15) is 9.59 Å². The maximum absolute atomic E-state index is 11.0. The van der Waals surface area contributed by atoms with Gasteiger partial charge in [0.25, 0.3) is 0 Å². The van der Waals surface area contributed by atoms with Crippen molar-refractivity contribution in [2.45, 2.75) is 18.8 Å². The first kappa shape index (κ1) is 11.6. The monoisotopic (exact) mass is 233 g/mol. The number of carboxylic acid groups (broad SMARTS) is 1. The molecule has 2 rings (SSSR count). The van der Waals surface area contributed by atoms with Crippen molar-refractivity contribution >= 4 is 12.4 Å². The average molecular weight is 233 g/mol. The SMILES string of the molecule is O=Cc1ccccc1C1CCCN(C(=O)O)C1. The van der Waals surface area contributed by atoms with Crippen molar-refractivity contribution in [2.75, 3.05) is 13.1 Å². The molecule has 1 fully saturated rings. The summed E-state index contributed by atoms with van der Waals surface area (Å²) < 4.78 is 0. The van der Waals surface area contributed by atoms with E-state index >= 15 is 0 Å². The second-order valence-electron chi connectivity index (χ2n) is 4.31. The molecular formula is C13H15NO3. The Balaban J connectivity index is 2.21. The summed E-state index contributed by atoms with van der Waals surface area (Å²) in [6.45, 7) is 1.08. The minimum absolute atomic E-state index is 0.140. The summed E-state index contributed by atoms with van der Waals surface area (Å²) in [5.41, 5.74) is 1.64. The molecule has 1 atom stereocenters. The van der Waals surface area contributed by atoms with E-state index in [1.807, 2.05) is 18.2 Å². The second kappa shape index (κ2) is 4.99. The number of amides is 1. The Hall–Kier alpha value is -1.84. The first-order chi connectivity index (χ1) is 8.22. The van der Waals surface area contributed by atoms with Gasteiger partial charge in [-0.3, -0.25) is 4.79 Å². The summed E-state index contributed by atoms with van der Waals surface area (Å²) in [5.74, 6) is 0.140. The molecular weight excluding hydrogens is 218 g/mol. The summed E-state index contributed by atoms with van der Waals surface area (Å²) in [7, 11) is 0. The van der Waals surface area contributed by atoms with Crippen LogP contribution in [0.15, 0.2) is 24.3 Å². The Kier molecular flexibility index (Phi) is 3.42. The molecule has 0 spiro atoms. The summed E-state index contributed by atoms with van der Waals surface area (Å²) in [5, 5.41) is 8.99. The van der Waals surface area contributed by atoms with Gasteiger partial charge in [-0.15, -0.1) is 0 Å². The Bertz CT molecular complexity index is 430. The molecule has 0 saturated carbocycles. The standard InChI is InChI=1S/C13H15NO3/c15-9-11-4-1-2-6-12(11)10-5-3-7-14(8-10)13(16)17/h1-2,4,6,9-10H,3,5,7-8H2,(H,16,17). The van der Waals surface area contributed by atoms with Crippen LogP contribution in [0, 0.1) is 0 Å². The second-order valence-corrected chi connectivity index (χ2v) is 4.31. The number of carbonyl (C=O) groups is 2. The van der Waals surface area contributed by atoms with Crippen LogP contribution < -0.4 is 0 Å². The number of carbonyl (C=O) groups excluding carboxylic acids is 1. The number of piperidine rings is 1. The van der Waals surface area contributed by atoms with Crippen LogP contribution in [0.25, 0.3) is 0 Å². The topological polar surface area (TPSA) is 57.6 Å². The van der Waals surface area contributed by atoms with Crippen LogP contribution in [0.2, 0.25) is 0 Å². The van der Waals surface area contributed by atoms with E-state index in [-0.39, 0.29) is 5.92 Å². The van der Waals surface area contributed by atoms with Crippen molar-refractivity contribution in [3.8, 4) is 0 Å². The van der Waals surface area contributed by atoms with Gasteiger partial charge in [0, 0.05) is 24.6 Å². The quantitative estimate of drug-likeness (QED) is 0.798. The molecule has 4 nitrogen and oxygen atoms in total. The molecule has 0 bridgehead atoms. The molecule has 0 aliphatic carbocycles. The molecule has 1 unspecified atom stereocenters. The molecule has 0 radical (unpaired) electrons. The van der Waals surface area contributed by atoms with Gasteiger partial charge in [-0.05, 0) is 18.4 Å². The van der Waals surface area contributed by atoms with Gasteiger partial charge in [0.1, 0.15) is 6.29 Å². The van der Waals surface area contributed by atoms with E-state index in [0.717, 1.165) is 24.7 Å². The van der Waals surface area contributed by atoms with Gasteiger partial charge < -0.3 is 10.0 Å². The van der Waals surface area contributed by atoms with Gasteiger partial charge in [0.2, 0.25) is 0 Å². The van der Waals surface area contributed by atoms with E-state index in [1.54, 1.807) is 6.07 Å². The van der Waals surface area contributed by atoms with E-state index in [4.69, 9.17) is 5.11 Å². The van der Waals surface area contributed by atoms with E-state index in [0.29, 0.717) is 18.7 Å². The van der Waals surface area contributed by atoms with Crippen molar-refractivity contribution in [1.29, 1.82) is 0 Å². The minimum Gasteiger partial charge on any atom is -0.465 e. The van der Waals surface area contributed by atoms with Gasteiger partial charge in [-0.25, -0.2) is 4.79 Å². The van der Waals surface area contributed by atoms with Crippen LogP contribution >= 0.6 is 0 Å². The molecule has 1 heterocycles. The van der Waals surface area contributed by atoms with Gasteiger partial charge in [0.15, 0.2) is 0 Å². The molecule has 1 aliphatic rings. The number of benzene rings is 1. The van der Waals surface area contributed by atoms with Gasteiger partial charge in [-0.2, -0.15) is 0 Å². The van der Waals surface area contributed by atoms with E-state index in [1.165, 1.54) is 4.90 Å². The number of hydrogen-bond acceptors (Lipinski definition) is 2. The Morgan fingerprint density at radius 3 is 2.88 bits per heavy atom. The number of nitrogens with zero attached hydrogens (tertiary/aromatic N) is 1. The number of aldehydes is 1. The summed E-state index contributed by atoms with van der Waals surface area (Å²) in [4.78, 5) is 23.3. The predicted molar refractivity (Wildman–Crippen MR) is 63.4 cm³/mol. The van der Waals surface area contributed by atoms with Crippen LogP contribution in [-0.4, -0.2) is 35.5 Å². The lowest BCUT2D eigenvalue weighted by Crippen LogP contribution is -2.38. The van der Waals surface area contributed by atoms with Crippen molar-refractivity contribution < 1.29 is 14.7 Å². The summed E-state index contributed by atoms with van der Waals surface area (Å²) in [6.07, 6.45) is 1.76. The van der Waals surface area contributed by atoms with Crippen LogP contribution in [0.1, 0.15) is 34.7 Å². The zero-order chi connectivity index (χ0) is 12.3. The van der Waals surface area contributed by atoms with E-state index in [2.05, 4.69) is 0 Å². The molecule has 1 aromatic carbocycles. The number of hydrogen-bond donors (Lipinski definition) is 1. The molecule has 17 heavy (non-hydrogen) atoms. The molecule has 1 aliphatic heterocycles. The molecule has 1 amide bonds. The van der Waals surface area contributed by atoms with Gasteiger partial charge in [-0.1, -0.05) is 24.3 Å². The molecule has 4 heteroatoms. The Labute approximate surface area is 99.9 Å². The summed E-state index contributed by atoms with van der Waals surface area (Å²) in [6, 6.07) is 7.41. The zero-order valence-electron chi connectivity index (χ0n) is 9.50. The first-order valence-electron chi connectivity index (χ1n) is 5.74.